The summed E-state index contributed by atoms with van der Waals surface area (Å²) in [7, 11) is 0. The van der Waals surface area contributed by atoms with Crippen LogP contribution in [0.25, 0.3) is 0 Å². The minimum atomic E-state index is -0.108. The number of piperazine rings is 1. The molecule has 0 aromatic carbocycles. The summed E-state index contributed by atoms with van der Waals surface area (Å²) in [5.74, 6) is 0.898. The van der Waals surface area contributed by atoms with E-state index in [0.717, 1.165) is 50.7 Å². The summed E-state index contributed by atoms with van der Waals surface area (Å²) < 4.78 is 4.96. The molecule has 1 aliphatic rings. The van der Waals surface area contributed by atoms with E-state index in [9.17, 15) is 4.79 Å². The number of aromatic nitrogens is 2. The van der Waals surface area contributed by atoms with Crippen molar-refractivity contribution in [3.05, 3.63) is 18.1 Å². The zero-order valence-corrected chi connectivity index (χ0v) is 12.9. The minimum Gasteiger partial charge on any atom is -0.466 e. The number of aryl methyl sites for hydroxylation is 1. The van der Waals surface area contributed by atoms with Gasteiger partial charge in [0.25, 0.3) is 0 Å². The van der Waals surface area contributed by atoms with Gasteiger partial charge < -0.3 is 9.64 Å². The lowest BCUT2D eigenvalue weighted by molar-refractivity contribution is -0.143. The maximum absolute atomic E-state index is 11.4. The molecule has 1 saturated heterocycles. The summed E-state index contributed by atoms with van der Waals surface area (Å²) in [5.41, 5.74) is 1.07. The first-order valence-corrected chi connectivity index (χ1v) is 7.66. The molecule has 6 heteroatoms. The van der Waals surface area contributed by atoms with Gasteiger partial charge in [0.2, 0.25) is 0 Å². The fraction of sp³-hybridized carbons (Fsp3) is 0.667. The number of ether oxygens (including phenoxy) is 1. The predicted molar refractivity (Wildman–Crippen MR) is 81.3 cm³/mol. The summed E-state index contributed by atoms with van der Waals surface area (Å²) in [4.78, 5) is 24.5. The highest BCUT2D eigenvalue weighted by Crippen LogP contribution is 2.14. The van der Waals surface area contributed by atoms with Crippen LogP contribution in [0.15, 0.2) is 12.4 Å². The third kappa shape index (κ3) is 4.67. The smallest absolute Gasteiger partial charge is 0.307 e. The van der Waals surface area contributed by atoms with Gasteiger partial charge in [-0.1, -0.05) is 6.92 Å². The standard InChI is InChI=1S/C15H24N4O2/c1-3-13-11-14(17-12-16-13)19-9-7-18(8-10-19)6-5-15(20)21-4-2/h11-12H,3-10H2,1-2H3. The Kier molecular flexibility index (Phi) is 5.92. The molecule has 2 rings (SSSR count). The first-order chi connectivity index (χ1) is 10.2. The van der Waals surface area contributed by atoms with E-state index in [1.807, 2.05) is 6.92 Å². The molecule has 0 saturated carbocycles. The SMILES string of the molecule is CCOC(=O)CCN1CCN(c2cc(CC)ncn2)CC1. The Morgan fingerprint density at radius 2 is 2.00 bits per heavy atom. The number of carbonyl (C=O) groups excluding carboxylic acids is 1. The third-order valence-corrected chi connectivity index (χ3v) is 3.71. The van der Waals surface area contributed by atoms with Crippen molar-refractivity contribution >= 4 is 11.8 Å². The van der Waals surface area contributed by atoms with Crippen molar-refractivity contribution in [2.24, 2.45) is 0 Å². The van der Waals surface area contributed by atoms with Crippen molar-refractivity contribution < 1.29 is 9.53 Å². The lowest BCUT2D eigenvalue weighted by Crippen LogP contribution is -2.47. The van der Waals surface area contributed by atoms with Gasteiger partial charge in [-0.25, -0.2) is 9.97 Å². The topological polar surface area (TPSA) is 58.6 Å². The summed E-state index contributed by atoms with van der Waals surface area (Å²) in [5, 5.41) is 0. The fourth-order valence-electron chi connectivity index (χ4n) is 2.44. The number of hydrogen-bond acceptors (Lipinski definition) is 6. The zero-order valence-electron chi connectivity index (χ0n) is 12.9. The summed E-state index contributed by atoms with van der Waals surface area (Å²) in [6, 6.07) is 2.06. The van der Waals surface area contributed by atoms with Gasteiger partial charge in [-0.2, -0.15) is 0 Å². The molecule has 0 spiro atoms. The Labute approximate surface area is 126 Å². The average molecular weight is 292 g/mol. The van der Waals surface area contributed by atoms with Gasteiger partial charge in [0.05, 0.1) is 13.0 Å². The van der Waals surface area contributed by atoms with Crippen LogP contribution in [0.1, 0.15) is 26.0 Å². The molecule has 0 radical (unpaired) electrons. The molecule has 0 N–H and O–H groups in total. The van der Waals surface area contributed by atoms with Crippen LogP contribution >= 0.6 is 0 Å². The maximum Gasteiger partial charge on any atom is 0.307 e. The normalized spacial score (nSPS) is 16.0. The van der Waals surface area contributed by atoms with Gasteiger partial charge >= 0.3 is 5.97 Å². The molecule has 1 aromatic heterocycles. The number of carbonyl (C=O) groups is 1. The van der Waals surface area contributed by atoms with Gasteiger partial charge in [-0.05, 0) is 13.3 Å². The molecule has 0 unspecified atom stereocenters. The molecule has 1 fully saturated rings. The first kappa shape index (κ1) is 15.7. The van der Waals surface area contributed by atoms with E-state index in [2.05, 4.69) is 32.8 Å². The van der Waals surface area contributed by atoms with Crippen LogP contribution in [-0.4, -0.2) is 60.2 Å². The van der Waals surface area contributed by atoms with Crippen molar-refractivity contribution in [3.63, 3.8) is 0 Å². The van der Waals surface area contributed by atoms with E-state index in [4.69, 9.17) is 4.74 Å². The molecule has 1 aromatic rings. The number of nitrogens with zero attached hydrogens (tertiary/aromatic N) is 4. The molecule has 21 heavy (non-hydrogen) atoms. The Hall–Kier alpha value is -1.69. The lowest BCUT2D eigenvalue weighted by atomic mass is 10.2. The second-order valence-electron chi connectivity index (χ2n) is 5.10. The molecule has 2 heterocycles. The van der Waals surface area contributed by atoms with Crippen molar-refractivity contribution in [1.29, 1.82) is 0 Å². The van der Waals surface area contributed by atoms with Crippen LogP contribution in [-0.2, 0) is 16.0 Å². The summed E-state index contributed by atoms with van der Waals surface area (Å²) in [6.45, 7) is 8.93. The van der Waals surface area contributed by atoms with Crippen LogP contribution in [0.2, 0.25) is 0 Å². The van der Waals surface area contributed by atoms with Gasteiger partial charge in [0.1, 0.15) is 12.1 Å². The number of anilines is 1. The Morgan fingerprint density at radius 3 is 2.67 bits per heavy atom. The predicted octanol–water partition coefficient (Wildman–Crippen LogP) is 1.11. The lowest BCUT2D eigenvalue weighted by Gasteiger charge is -2.35. The molecule has 1 aliphatic heterocycles. The van der Waals surface area contributed by atoms with Crippen LogP contribution < -0.4 is 4.90 Å². The molecule has 116 valence electrons. The highest BCUT2D eigenvalue weighted by Gasteiger charge is 2.19. The molecular weight excluding hydrogens is 268 g/mol. The highest BCUT2D eigenvalue weighted by molar-refractivity contribution is 5.69. The summed E-state index contributed by atoms with van der Waals surface area (Å²) >= 11 is 0. The first-order valence-electron chi connectivity index (χ1n) is 7.66. The molecule has 0 amide bonds. The Balaban J connectivity index is 1.78. The van der Waals surface area contributed by atoms with Crippen molar-refractivity contribution in [3.8, 4) is 0 Å². The number of hydrogen-bond donors (Lipinski definition) is 0. The van der Waals surface area contributed by atoms with Crippen molar-refractivity contribution in [2.75, 3.05) is 44.2 Å². The number of esters is 1. The van der Waals surface area contributed by atoms with Gasteiger partial charge in [0.15, 0.2) is 0 Å². The molecule has 0 bridgehead atoms. The van der Waals surface area contributed by atoms with Crippen LogP contribution in [0, 0.1) is 0 Å². The average Bonchev–Trinajstić information content (AvgIpc) is 2.54. The quantitative estimate of drug-likeness (QED) is 0.732. The van der Waals surface area contributed by atoms with E-state index in [1.54, 1.807) is 6.33 Å². The van der Waals surface area contributed by atoms with Gasteiger partial charge in [-0.15, -0.1) is 0 Å². The second-order valence-corrected chi connectivity index (χ2v) is 5.10. The van der Waals surface area contributed by atoms with E-state index in [1.165, 1.54) is 0 Å². The summed E-state index contributed by atoms with van der Waals surface area (Å²) in [6.07, 6.45) is 3.04. The number of rotatable bonds is 6. The van der Waals surface area contributed by atoms with Gasteiger partial charge in [0, 0.05) is 44.5 Å². The molecule has 6 nitrogen and oxygen atoms in total. The van der Waals surface area contributed by atoms with Crippen molar-refractivity contribution in [1.82, 2.24) is 14.9 Å². The van der Waals surface area contributed by atoms with Gasteiger partial charge in [-0.3, -0.25) is 9.69 Å². The third-order valence-electron chi connectivity index (χ3n) is 3.71. The zero-order chi connectivity index (χ0) is 15.1. The van der Waals surface area contributed by atoms with Crippen LogP contribution in [0.3, 0.4) is 0 Å². The van der Waals surface area contributed by atoms with Crippen LogP contribution in [0.5, 0.6) is 0 Å². The largest absolute Gasteiger partial charge is 0.466 e. The van der Waals surface area contributed by atoms with Crippen molar-refractivity contribution in [2.45, 2.75) is 26.7 Å². The second kappa shape index (κ2) is 7.93. The monoisotopic (exact) mass is 292 g/mol. The van der Waals surface area contributed by atoms with E-state index < -0.39 is 0 Å². The minimum absolute atomic E-state index is 0.108. The van der Waals surface area contributed by atoms with E-state index in [-0.39, 0.29) is 5.97 Å². The van der Waals surface area contributed by atoms with Crippen LogP contribution in [0.4, 0.5) is 5.82 Å². The Morgan fingerprint density at radius 1 is 1.24 bits per heavy atom. The highest BCUT2D eigenvalue weighted by atomic mass is 16.5. The fourth-order valence-corrected chi connectivity index (χ4v) is 2.44. The Bertz CT molecular complexity index is 459. The van der Waals surface area contributed by atoms with E-state index in [0.29, 0.717) is 13.0 Å². The van der Waals surface area contributed by atoms with E-state index >= 15 is 0 Å². The maximum atomic E-state index is 11.4. The molecule has 0 atom stereocenters. The molecule has 0 aliphatic carbocycles. The molecular formula is C15H24N4O2.